The smallest absolute Gasteiger partial charge is 0.409 e. The number of ether oxygens (including phenoxy) is 7. The molecule has 2 fully saturated rings. The lowest BCUT2D eigenvalue weighted by Crippen LogP contribution is -2.63. The van der Waals surface area contributed by atoms with Crippen molar-refractivity contribution < 1.29 is 57.4 Å². The van der Waals surface area contributed by atoms with Gasteiger partial charge in [-0.1, -0.05) is 42.3 Å². The highest BCUT2D eigenvalue weighted by Gasteiger charge is 2.64. The Morgan fingerprint density at radius 2 is 1.88 bits per heavy atom. The molecule has 4 N–H and O–H groups in total. The van der Waals surface area contributed by atoms with Crippen molar-refractivity contribution in [3.05, 3.63) is 46.5 Å². The van der Waals surface area contributed by atoms with Crippen LogP contribution in [-0.4, -0.2) is 137 Å². The number of fused-ring (bicyclic) bond motifs is 5. The Balaban J connectivity index is 1.65. The number of methoxy groups -OCH3 is 2. The van der Waals surface area contributed by atoms with Gasteiger partial charge in [0.05, 0.1) is 58.2 Å². The van der Waals surface area contributed by atoms with Crippen LogP contribution in [0.25, 0.3) is 0 Å². The van der Waals surface area contributed by atoms with E-state index in [2.05, 4.69) is 5.32 Å². The topological polar surface area (TPSA) is 201 Å². The highest BCUT2D eigenvalue weighted by Crippen LogP contribution is 2.49. The number of alkyl carbamates (subject to hydrolysis) is 1. The predicted molar refractivity (Wildman–Crippen MR) is 206 cm³/mol. The summed E-state index contributed by atoms with van der Waals surface area (Å²) in [6.45, 7) is 8.49. The third kappa shape index (κ3) is 10.8. The Morgan fingerprint density at radius 1 is 1.18 bits per heavy atom. The SMILES string of the molecule is COc1cc2cc(c1Cl)N(C)C(=O)C[C@H](OC(=O)[C@H](C)N(C)C(=O)CCOCCOCCN)[C@]1(C)OC1[C@H](C)[C@@H]1C[C@@](O)(NC(=O)O1)[C@H](OC)/C=C/C=C(\C)C2. The molecular weight excluding hydrogens is 752 g/mol. The summed E-state index contributed by atoms with van der Waals surface area (Å²) in [4.78, 5) is 56.5. The molecule has 0 radical (unpaired) electrons. The maximum atomic E-state index is 14.2. The van der Waals surface area contributed by atoms with E-state index in [1.807, 2.05) is 13.0 Å². The molecule has 56 heavy (non-hydrogen) atoms. The lowest BCUT2D eigenvalue weighted by atomic mass is 9.83. The van der Waals surface area contributed by atoms with Crippen molar-refractivity contribution in [1.82, 2.24) is 10.2 Å². The number of hydrogen-bond acceptors (Lipinski definition) is 13. The molecule has 312 valence electrons. The van der Waals surface area contributed by atoms with Crippen molar-refractivity contribution in [2.75, 3.05) is 66.2 Å². The molecule has 4 rings (SSSR count). The number of epoxide rings is 1. The van der Waals surface area contributed by atoms with E-state index < -0.39 is 65.7 Å². The molecule has 0 saturated carbocycles. The zero-order valence-corrected chi connectivity index (χ0v) is 34.3. The zero-order chi connectivity index (χ0) is 41.4. The van der Waals surface area contributed by atoms with Crippen LogP contribution in [0, 0.1) is 5.92 Å². The molecule has 17 heteroatoms. The number of esters is 1. The minimum absolute atomic E-state index is 0.0117. The van der Waals surface area contributed by atoms with Gasteiger partial charge in [-0.05, 0) is 44.9 Å². The van der Waals surface area contributed by atoms with Gasteiger partial charge >= 0.3 is 12.1 Å². The van der Waals surface area contributed by atoms with Crippen LogP contribution in [0.15, 0.2) is 35.9 Å². The molecule has 1 aromatic rings. The van der Waals surface area contributed by atoms with Gasteiger partial charge in [-0.15, -0.1) is 0 Å². The number of likely N-dealkylation sites (N-methyl/N-ethyl adjacent to an activating group) is 1. The molecule has 1 unspecified atom stereocenters. The molecule has 3 amide bonds. The van der Waals surface area contributed by atoms with Crippen LogP contribution in [0.2, 0.25) is 5.02 Å². The quantitative estimate of drug-likeness (QED) is 0.149. The number of aliphatic hydroxyl groups is 1. The van der Waals surface area contributed by atoms with Crippen molar-refractivity contribution in [3.8, 4) is 5.75 Å². The van der Waals surface area contributed by atoms with Crippen molar-refractivity contribution in [3.63, 3.8) is 0 Å². The second-order valence-corrected chi connectivity index (χ2v) is 15.0. The van der Waals surface area contributed by atoms with Gasteiger partial charge in [0.15, 0.2) is 5.72 Å². The third-order valence-electron chi connectivity index (χ3n) is 10.6. The minimum Gasteiger partial charge on any atom is -0.495 e. The van der Waals surface area contributed by atoms with E-state index in [1.165, 1.54) is 38.0 Å². The Hall–Kier alpha value is -3.77. The second-order valence-electron chi connectivity index (χ2n) is 14.7. The number of allylic oxidation sites excluding steroid dienone is 3. The first kappa shape index (κ1) is 44.9. The first-order valence-corrected chi connectivity index (χ1v) is 19.1. The summed E-state index contributed by atoms with van der Waals surface area (Å²) in [7, 11) is 5.96. The lowest BCUT2D eigenvalue weighted by molar-refractivity contribution is -0.162. The summed E-state index contributed by atoms with van der Waals surface area (Å²) in [5.74, 6) is -1.75. The molecule has 2 saturated heterocycles. The van der Waals surface area contributed by atoms with Crippen LogP contribution in [0.4, 0.5) is 10.5 Å². The summed E-state index contributed by atoms with van der Waals surface area (Å²) in [5.41, 5.74) is 4.42. The second kappa shape index (κ2) is 19.6. The van der Waals surface area contributed by atoms with E-state index in [0.29, 0.717) is 37.6 Å². The summed E-state index contributed by atoms with van der Waals surface area (Å²) < 4.78 is 40.0. The molecule has 0 spiro atoms. The maximum Gasteiger partial charge on any atom is 0.409 e. The van der Waals surface area contributed by atoms with Crippen molar-refractivity contribution in [1.29, 1.82) is 0 Å². The fraction of sp³-hybridized carbons (Fsp3) is 0.641. The first-order chi connectivity index (χ1) is 26.5. The van der Waals surface area contributed by atoms with Gasteiger partial charge in [0, 0.05) is 40.1 Å². The average Bonchev–Trinajstić information content (AvgIpc) is 3.86. The minimum atomic E-state index is -1.84. The van der Waals surface area contributed by atoms with Gasteiger partial charge < -0.3 is 53.8 Å². The van der Waals surface area contributed by atoms with Crippen molar-refractivity contribution in [2.45, 2.75) is 95.2 Å². The number of nitrogens with one attached hydrogen (secondary N) is 1. The van der Waals surface area contributed by atoms with Crippen LogP contribution in [0.5, 0.6) is 5.75 Å². The number of benzene rings is 1. The third-order valence-corrected chi connectivity index (χ3v) is 11.0. The van der Waals surface area contributed by atoms with E-state index in [4.69, 9.17) is 50.5 Å². The lowest BCUT2D eigenvalue weighted by Gasteiger charge is -2.42. The number of carbonyl (C=O) groups is 4. The fourth-order valence-electron chi connectivity index (χ4n) is 6.96. The zero-order valence-electron chi connectivity index (χ0n) is 33.5. The molecule has 3 aliphatic rings. The highest BCUT2D eigenvalue weighted by atomic mass is 35.5. The van der Waals surface area contributed by atoms with E-state index in [1.54, 1.807) is 45.2 Å². The van der Waals surface area contributed by atoms with Crippen LogP contribution < -0.4 is 20.7 Å². The normalized spacial score (nSPS) is 30.2. The Morgan fingerprint density at radius 3 is 2.54 bits per heavy atom. The predicted octanol–water partition coefficient (Wildman–Crippen LogP) is 2.90. The summed E-state index contributed by atoms with van der Waals surface area (Å²) >= 11 is 6.76. The van der Waals surface area contributed by atoms with Crippen LogP contribution in [0.3, 0.4) is 0 Å². The molecule has 0 aliphatic carbocycles. The van der Waals surface area contributed by atoms with E-state index in [-0.39, 0.29) is 43.4 Å². The average molecular weight is 809 g/mol. The van der Waals surface area contributed by atoms with Gasteiger partial charge in [-0.2, -0.15) is 0 Å². The first-order valence-electron chi connectivity index (χ1n) is 18.7. The number of anilines is 1. The van der Waals surface area contributed by atoms with Gasteiger partial charge in [-0.3, -0.25) is 14.9 Å². The summed E-state index contributed by atoms with van der Waals surface area (Å²) in [6.07, 6.45) is 0.800. The number of hydrogen-bond donors (Lipinski definition) is 3. The van der Waals surface area contributed by atoms with Crippen LogP contribution in [0.1, 0.15) is 52.5 Å². The number of amides is 3. The standard InChI is InChI=1S/C39H57ClN4O12/c1-23-10-9-11-30(51-8)39(49)22-29(54-37(48)42-39)24(2)35-38(4,56-35)31(21-33(46)44(6)27-19-26(18-23)20-28(50-7)34(27)40)55-36(47)25(3)43(5)32(45)12-14-52-16-17-53-15-13-41/h9-11,19-20,24-25,29-31,35,49H,12-18,21-22,41H2,1-8H3,(H,42,48)/b11-9+,23-10+/t24-,25+,29+,30-,31+,35?,38+,39+/m1/s1. The fourth-order valence-corrected chi connectivity index (χ4v) is 7.27. The number of carbonyl (C=O) groups excluding carboxylic acids is 4. The molecular formula is C39H57ClN4O12. The number of nitrogens with zero attached hydrogens (tertiary/aromatic N) is 2. The van der Waals surface area contributed by atoms with Gasteiger partial charge in [0.2, 0.25) is 11.8 Å². The van der Waals surface area contributed by atoms with Crippen LogP contribution in [-0.2, 0) is 49.2 Å². The number of rotatable bonds is 13. The Bertz CT molecular complexity index is 1640. The Labute approximate surface area is 333 Å². The summed E-state index contributed by atoms with van der Waals surface area (Å²) in [5, 5.41) is 14.5. The van der Waals surface area contributed by atoms with E-state index in [9.17, 15) is 24.3 Å². The molecule has 8 atom stereocenters. The Kier molecular flexibility index (Phi) is 15.7. The van der Waals surface area contributed by atoms with E-state index in [0.717, 1.165) is 11.1 Å². The summed E-state index contributed by atoms with van der Waals surface area (Å²) in [6, 6.07) is 2.53. The van der Waals surface area contributed by atoms with Gasteiger partial charge in [0.1, 0.15) is 40.7 Å². The van der Waals surface area contributed by atoms with E-state index >= 15 is 0 Å². The molecule has 4 bridgehead atoms. The van der Waals surface area contributed by atoms with Gasteiger partial charge in [-0.25, -0.2) is 9.59 Å². The van der Waals surface area contributed by atoms with Crippen molar-refractivity contribution in [2.24, 2.45) is 11.7 Å². The van der Waals surface area contributed by atoms with Crippen molar-refractivity contribution >= 4 is 41.2 Å². The number of nitrogens with two attached hydrogens (primary N) is 1. The van der Waals surface area contributed by atoms with Gasteiger partial charge in [0.25, 0.3) is 0 Å². The molecule has 0 aromatic heterocycles. The molecule has 1 aromatic carbocycles. The molecule has 16 nitrogen and oxygen atoms in total. The largest absolute Gasteiger partial charge is 0.495 e. The molecule has 3 heterocycles. The number of halogens is 1. The molecule has 3 aliphatic heterocycles. The van der Waals surface area contributed by atoms with Crippen LogP contribution >= 0.6 is 11.6 Å². The monoisotopic (exact) mass is 808 g/mol. The highest BCUT2D eigenvalue weighted by molar-refractivity contribution is 6.35. The maximum absolute atomic E-state index is 14.2.